The second-order valence-corrected chi connectivity index (χ2v) is 3.24. The molecule has 0 aliphatic carbocycles. The van der Waals surface area contributed by atoms with E-state index in [0.29, 0.717) is 18.6 Å². The number of hydrogen-bond acceptors (Lipinski definition) is 2. The number of fused-ring (bicyclic) bond motifs is 2. The van der Waals surface area contributed by atoms with Gasteiger partial charge >= 0.3 is 0 Å². The van der Waals surface area contributed by atoms with Crippen LogP contribution < -0.4 is 0 Å². The molecule has 2 heterocycles. The van der Waals surface area contributed by atoms with Gasteiger partial charge in [-0.25, -0.2) is 0 Å². The minimum absolute atomic E-state index is 0.279. The third kappa shape index (κ3) is 1.03. The van der Waals surface area contributed by atoms with Gasteiger partial charge in [-0.3, -0.25) is 4.79 Å². The number of ether oxygens (including phenoxy) is 1. The maximum Gasteiger partial charge on any atom is 0.222 e. The summed E-state index contributed by atoms with van der Waals surface area (Å²) < 4.78 is 5.38. The van der Waals surface area contributed by atoms with Gasteiger partial charge in [-0.2, -0.15) is 0 Å². The number of amides is 1. The van der Waals surface area contributed by atoms with Crippen LogP contribution in [0.4, 0.5) is 0 Å². The third-order valence-corrected chi connectivity index (χ3v) is 2.52. The number of carbonyl (C=O) groups excluding carboxylic acids is 1. The highest BCUT2D eigenvalue weighted by Crippen LogP contribution is 2.27. The molecule has 0 unspecified atom stereocenters. The molecule has 2 aliphatic heterocycles. The van der Waals surface area contributed by atoms with Crippen molar-refractivity contribution in [3.63, 3.8) is 0 Å². The van der Waals surface area contributed by atoms with Gasteiger partial charge in [0.15, 0.2) is 0 Å². The van der Waals surface area contributed by atoms with E-state index in [1.165, 1.54) is 0 Å². The first-order valence-corrected chi connectivity index (χ1v) is 4.22. The van der Waals surface area contributed by atoms with Crippen molar-refractivity contribution in [1.29, 1.82) is 0 Å². The van der Waals surface area contributed by atoms with Gasteiger partial charge in [0.2, 0.25) is 5.91 Å². The molecule has 2 fully saturated rings. The zero-order valence-corrected chi connectivity index (χ0v) is 6.75. The molecular formula is C8H13NO2. The van der Waals surface area contributed by atoms with Gasteiger partial charge < -0.3 is 9.64 Å². The highest BCUT2D eigenvalue weighted by molar-refractivity contribution is 5.76. The summed E-state index contributed by atoms with van der Waals surface area (Å²) in [6, 6.07) is 0.396. The minimum Gasteiger partial charge on any atom is -0.374 e. The highest BCUT2D eigenvalue weighted by atomic mass is 16.5. The lowest BCUT2D eigenvalue weighted by atomic mass is 10.2. The average molecular weight is 155 g/mol. The van der Waals surface area contributed by atoms with Gasteiger partial charge in [-0.15, -0.1) is 0 Å². The molecule has 11 heavy (non-hydrogen) atoms. The van der Waals surface area contributed by atoms with Gasteiger partial charge in [-0.05, 0) is 6.42 Å². The van der Waals surface area contributed by atoms with Crippen molar-refractivity contribution >= 4 is 5.91 Å². The first kappa shape index (κ1) is 7.10. The summed E-state index contributed by atoms with van der Waals surface area (Å²) in [6.45, 7) is 3.50. The van der Waals surface area contributed by atoms with Crippen molar-refractivity contribution in [2.24, 2.45) is 0 Å². The number of morpholine rings is 1. The monoisotopic (exact) mass is 155 g/mol. The molecule has 2 atom stereocenters. The molecule has 2 saturated heterocycles. The molecule has 0 spiro atoms. The van der Waals surface area contributed by atoms with Crippen LogP contribution in [-0.4, -0.2) is 36.1 Å². The summed E-state index contributed by atoms with van der Waals surface area (Å²) in [7, 11) is 0. The Hall–Kier alpha value is -0.570. The molecule has 0 radical (unpaired) electrons. The average Bonchev–Trinajstić information content (AvgIpc) is 2.62. The van der Waals surface area contributed by atoms with Crippen LogP contribution in [0.2, 0.25) is 0 Å². The van der Waals surface area contributed by atoms with E-state index < -0.39 is 0 Å². The first-order chi connectivity index (χ1) is 5.31. The molecule has 3 heteroatoms. The van der Waals surface area contributed by atoms with E-state index in [9.17, 15) is 4.79 Å². The summed E-state index contributed by atoms with van der Waals surface area (Å²) in [5.41, 5.74) is 0. The lowest BCUT2D eigenvalue weighted by Crippen LogP contribution is -2.40. The van der Waals surface area contributed by atoms with Crippen LogP contribution in [0.1, 0.15) is 19.8 Å². The van der Waals surface area contributed by atoms with Crippen LogP contribution in [0.3, 0.4) is 0 Å². The third-order valence-electron chi connectivity index (χ3n) is 2.52. The molecule has 2 aliphatic rings. The van der Waals surface area contributed by atoms with Crippen molar-refractivity contribution in [2.75, 3.05) is 13.2 Å². The molecule has 0 aromatic heterocycles. The summed E-state index contributed by atoms with van der Waals surface area (Å²) in [6.07, 6.45) is 2.03. The Bertz CT molecular complexity index is 181. The molecule has 62 valence electrons. The van der Waals surface area contributed by atoms with Gasteiger partial charge in [0.25, 0.3) is 0 Å². The molecule has 3 nitrogen and oxygen atoms in total. The Morgan fingerprint density at radius 3 is 3.00 bits per heavy atom. The maximum atomic E-state index is 11.3. The normalized spacial score (nSPS) is 34.8. The van der Waals surface area contributed by atoms with Gasteiger partial charge in [0.05, 0.1) is 18.8 Å². The fourth-order valence-electron chi connectivity index (χ4n) is 1.91. The van der Waals surface area contributed by atoms with E-state index >= 15 is 0 Å². The summed E-state index contributed by atoms with van der Waals surface area (Å²) in [5.74, 6) is 0.279. The van der Waals surface area contributed by atoms with Crippen molar-refractivity contribution < 1.29 is 9.53 Å². The van der Waals surface area contributed by atoms with Crippen LogP contribution in [0, 0.1) is 0 Å². The summed E-state index contributed by atoms with van der Waals surface area (Å²) >= 11 is 0. The standard InChI is InChI=1S/C8H13NO2/c1-2-8(10)9-4-7-3-6(9)5-11-7/h6-7H,2-5H2,1H3/t6-,7-/m0/s1. The second kappa shape index (κ2) is 2.48. The Balaban J connectivity index is 2.02. The highest BCUT2D eigenvalue weighted by Gasteiger charge is 2.40. The molecule has 2 bridgehead atoms. The maximum absolute atomic E-state index is 11.3. The number of rotatable bonds is 1. The molecule has 0 aromatic rings. The molecule has 0 saturated carbocycles. The smallest absolute Gasteiger partial charge is 0.222 e. The van der Waals surface area contributed by atoms with E-state index in [0.717, 1.165) is 19.6 Å². The first-order valence-electron chi connectivity index (χ1n) is 4.22. The van der Waals surface area contributed by atoms with Crippen molar-refractivity contribution in [3.8, 4) is 0 Å². The summed E-state index contributed by atoms with van der Waals surface area (Å²) in [5, 5.41) is 0. The molecule has 2 rings (SSSR count). The lowest BCUT2D eigenvalue weighted by Gasteiger charge is -2.26. The number of hydrogen-bond donors (Lipinski definition) is 0. The lowest BCUT2D eigenvalue weighted by molar-refractivity contribution is -0.135. The molecule has 0 N–H and O–H groups in total. The van der Waals surface area contributed by atoms with Crippen LogP contribution in [0.5, 0.6) is 0 Å². The van der Waals surface area contributed by atoms with Gasteiger partial charge in [0, 0.05) is 13.0 Å². The molecular weight excluding hydrogens is 142 g/mol. The SMILES string of the molecule is CCC(=O)N1C[C@@H]2C[C@H]1CO2. The van der Waals surface area contributed by atoms with Crippen molar-refractivity contribution in [3.05, 3.63) is 0 Å². The van der Waals surface area contributed by atoms with Crippen molar-refractivity contribution in [2.45, 2.75) is 31.9 Å². The topological polar surface area (TPSA) is 29.5 Å². The number of carbonyl (C=O) groups is 1. The Morgan fingerprint density at radius 2 is 2.55 bits per heavy atom. The predicted octanol–water partition coefficient (Wildman–Crippen LogP) is 0.396. The van der Waals surface area contributed by atoms with E-state index in [4.69, 9.17) is 4.74 Å². The van der Waals surface area contributed by atoms with E-state index in [2.05, 4.69) is 0 Å². The molecule has 1 amide bonds. The van der Waals surface area contributed by atoms with E-state index in [-0.39, 0.29) is 5.91 Å². The Labute approximate surface area is 66.3 Å². The largest absolute Gasteiger partial charge is 0.374 e. The zero-order valence-electron chi connectivity index (χ0n) is 6.75. The van der Waals surface area contributed by atoms with E-state index in [1.54, 1.807) is 0 Å². The fourth-order valence-corrected chi connectivity index (χ4v) is 1.91. The summed E-state index contributed by atoms with van der Waals surface area (Å²) in [4.78, 5) is 13.2. The van der Waals surface area contributed by atoms with Gasteiger partial charge in [0.1, 0.15) is 0 Å². The van der Waals surface area contributed by atoms with Crippen LogP contribution >= 0.6 is 0 Å². The minimum atomic E-state index is 0.279. The Morgan fingerprint density at radius 1 is 1.73 bits per heavy atom. The molecule has 0 aromatic carbocycles. The fraction of sp³-hybridized carbons (Fsp3) is 0.875. The van der Waals surface area contributed by atoms with Crippen LogP contribution in [0.15, 0.2) is 0 Å². The second-order valence-electron chi connectivity index (χ2n) is 3.24. The van der Waals surface area contributed by atoms with Gasteiger partial charge in [-0.1, -0.05) is 6.92 Å². The van der Waals surface area contributed by atoms with Crippen LogP contribution in [-0.2, 0) is 9.53 Å². The van der Waals surface area contributed by atoms with Crippen LogP contribution in [0.25, 0.3) is 0 Å². The zero-order chi connectivity index (χ0) is 7.84. The van der Waals surface area contributed by atoms with E-state index in [1.807, 2.05) is 11.8 Å². The number of likely N-dealkylation sites (tertiary alicyclic amines) is 1. The number of nitrogens with zero attached hydrogens (tertiary/aromatic N) is 1. The van der Waals surface area contributed by atoms with Crippen molar-refractivity contribution in [1.82, 2.24) is 4.90 Å². The Kier molecular flexibility index (Phi) is 1.60. The predicted molar refractivity (Wildman–Crippen MR) is 40.1 cm³/mol. The quantitative estimate of drug-likeness (QED) is 0.548.